The van der Waals surface area contributed by atoms with Crippen LogP contribution in [0.15, 0.2) is 0 Å². The lowest BCUT2D eigenvalue weighted by Crippen LogP contribution is -2.67. The Morgan fingerprint density at radius 1 is 1.15 bits per heavy atom. The Balaban J connectivity index is 1.60. The summed E-state index contributed by atoms with van der Waals surface area (Å²) < 4.78 is 18.1. The van der Waals surface area contributed by atoms with E-state index < -0.39 is 22.9 Å². The quantitative estimate of drug-likeness (QED) is 0.523. The molecule has 1 N–H and O–H groups in total. The van der Waals surface area contributed by atoms with Crippen LogP contribution in [0.5, 0.6) is 0 Å². The number of fused-ring (bicyclic) bond motifs is 1. The van der Waals surface area contributed by atoms with E-state index in [4.69, 9.17) is 14.2 Å². The minimum atomic E-state index is -1.05. The predicted molar refractivity (Wildman–Crippen MR) is 90.0 cm³/mol. The molecule has 0 amide bonds. The van der Waals surface area contributed by atoms with Crippen molar-refractivity contribution in [3.05, 3.63) is 0 Å². The number of ether oxygens (including phenoxy) is 3. The third-order valence-corrected chi connectivity index (χ3v) is 8.60. The van der Waals surface area contributed by atoms with Gasteiger partial charge >= 0.3 is 5.97 Å². The van der Waals surface area contributed by atoms with Crippen LogP contribution >= 0.6 is 0 Å². The normalized spacial score (nSPS) is 58.5. The Hall–Kier alpha value is -0.980. The number of aliphatic hydroxyl groups excluding tert-OH is 1. The van der Waals surface area contributed by atoms with Crippen LogP contribution in [0.2, 0.25) is 0 Å². The van der Waals surface area contributed by atoms with Gasteiger partial charge in [0.25, 0.3) is 0 Å². The SMILES string of the molecule is C[C@@H]1C[C@H]2OC(=O)[C@@]3(C)C(=O)CC[C@@](C)([C@@H]23)[C@@]12CC[C@@]1(CO[C@@H](O)C1)O2. The molecule has 0 radical (unpaired) electrons. The lowest BCUT2D eigenvalue weighted by molar-refractivity contribution is -0.247. The summed E-state index contributed by atoms with van der Waals surface area (Å²) in [6.45, 7) is 6.60. The van der Waals surface area contributed by atoms with Crippen molar-refractivity contribution in [2.24, 2.45) is 22.7 Å². The van der Waals surface area contributed by atoms with Gasteiger partial charge < -0.3 is 19.3 Å². The molecule has 2 saturated carbocycles. The summed E-state index contributed by atoms with van der Waals surface area (Å²) in [6, 6.07) is 0. The van der Waals surface area contributed by atoms with Gasteiger partial charge in [0.05, 0.1) is 17.8 Å². The minimum Gasteiger partial charge on any atom is -0.461 e. The monoisotopic (exact) mass is 364 g/mol. The molecule has 3 saturated heterocycles. The molecule has 5 rings (SSSR count). The summed E-state index contributed by atoms with van der Waals surface area (Å²) in [4.78, 5) is 25.5. The highest BCUT2D eigenvalue weighted by molar-refractivity contribution is 6.06. The molecule has 0 aromatic carbocycles. The van der Waals surface area contributed by atoms with E-state index in [-0.39, 0.29) is 35.1 Å². The van der Waals surface area contributed by atoms with Crippen molar-refractivity contribution in [1.29, 1.82) is 0 Å². The van der Waals surface area contributed by atoms with Gasteiger partial charge in [0.2, 0.25) is 0 Å². The average Bonchev–Trinajstić information content (AvgIpc) is 3.21. The smallest absolute Gasteiger partial charge is 0.320 e. The standard InChI is InChI=1S/C20H28O6/c1-11-8-12-15-17(2,5-4-13(21)18(15,3)16(23)25-12)20(11)7-6-19(26-20)9-14(22)24-10-19/h11-12,14-15,22H,4-10H2,1-3H3/t11-,12-,14-,15-,17+,18+,19-,20-/m1/s1. The van der Waals surface area contributed by atoms with E-state index >= 15 is 0 Å². The first-order valence-corrected chi connectivity index (χ1v) is 9.91. The van der Waals surface area contributed by atoms with Crippen molar-refractivity contribution in [2.45, 2.75) is 82.9 Å². The number of ketones is 1. The first-order valence-electron chi connectivity index (χ1n) is 9.91. The second-order valence-corrected chi connectivity index (χ2v) is 9.75. The zero-order valence-electron chi connectivity index (χ0n) is 15.7. The van der Waals surface area contributed by atoms with Crippen LogP contribution in [0.3, 0.4) is 0 Å². The van der Waals surface area contributed by atoms with Gasteiger partial charge in [-0.3, -0.25) is 9.59 Å². The van der Waals surface area contributed by atoms with Gasteiger partial charge in [-0.05, 0) is 38.5 Å². The molecule has 0 bridgehead atoms. The lowest BCUT2D eigenvalue weighted by atomic mass is 9.44. The van der Waals surface area contributed by atoms with Crippen LogP contribution < -0.4 is 0 Å². The van der Waals surface area contributed by atoms with Crippen molar-refractivity contribution >= 4 is 11.8 Å². The van der Waals surface area contributed by atoms with E-state index in [1.54, 1.807) is 6.92 Å². The van der Waals surface area contributed by atoms with Gasteiger partial charge in [-0.1, -0.05) is 13.8 Å². The van der Waals surface area contributed by atoms with Crippen LogP contribution in [0.4, 0.5) is 0 Å². The van der Waals surface area contributed by atoms with Crippen molar-refractivity contribution < 1.29 is 28.9 Å². The van der Waals surface area contributed by atoms with Crippen LogP contribution in [-0.2, 0) is 23.8 Å². The van der Waals surface area contributed by atoms with Gasteiger partial charge in [0.1, 0.15) is 17.3 Å². The fraction of sp³-hybridized carbons (Fsp3) is 0.900. The molecule has 5 aliphatic rings. The summed E-state index contributed by atoms with van der Waals surface area (Å²) in [5, 5.41) is 9.90. The third kappa shape index (κ3) is 1.74. The van der Waals surface area contributed by atoms with Crippen molar-refractivity contribution in [3.8, 4) is 0 Å². The van der Waals surface area contributed by atoms with Crippen LogP contribution in [0.25, 0.3) is 0 Å². The number of aliphatic hydroxyl groups is 1. The Labute approximate surface area is 153 Å². The number of carbonyl (C=O) groups is 2. The molecular formula is C20H28O6. The summed E-state index contributed by atoms with van der Waals surface area (Å²) >= 11 is 0. The molecule has 0 unspecified atom stereocenters. The molecule has 26 heavy (non-hydrogen) atoms. The zero-order chi connectivity index (χ0) is 18.5. The van der Waals surface area contributed by atoms with Gasteiger partial charge in [-0.15, -0.1) is 0 Å². The summed E-state index contributed by atoms with van der Waals surface area (Å²) in [6.07, 6.45) is 3.11. The Morgan fingerprint density at radius 2 is 1.92 bits per heavy atom. The first kappa shape index (κ1) is 17.1. The molecule has 8 atom stereocenters. The molecule has 2 spiro atoms. The average molecular weight is 364 g/mol. The Morgan fingerprint density at radius 3 is 2.62 bits per heavy atom. The van der Waals surface area contributed by atoms with E-state index in [1.807, 2.05) is 0 Å². The molecule has 5 fully saturated rings. The number of hydrogen-bond donors (Lipinski definition) is 1. The van der Waals surface area contributed by atoms with Gasteiger partial charge in [0.15, 0.2) is 6.29 Å². The van der Waals surface area contributed by atoms with E-state index in [0.717, 1.165) is 25.7 Å². The van der Waals surface area contributed by atoms with Crippen LogP contribution in [0, 0.1) is 22.7 Å². The predicted octanol–water partition coefficient (Wildman–Crippen LogP) is 1.97. The highest BCUT2D eigenvalue weighted by Crippen LogP contribution is 2.70. The summed E-state index contributed by atoms with van der Waals surface area (Å²) in [5.74, 6) is -0.249. The molecule has 0 aromatic heterocycles. The zero-order valence-corrected chi connectivity index (χ0v) is 15.7. The van der Waals surface area contributed by atoms with E-state index in [2.05, 4.69) is 13.8 Å². The number of esters is 1. The first-order chi connectivity index (χ1) is 12.2. The topological polar surface area (TPSA) is 82.1 Å². The number of rotatable bonds is 0. The minimum absolute atomic E-state index is 0.0181. The molecular weight excluding hydrogens is 336 g/mol. The van der Waals surface area contributed by atoms with Crippen molar-refractivity contribution in [2.75, 3.05) is 6.61 Å². The largest absolute Gasteiger partial charge is 0.461 e. The molecule has 3 heterocycles. The molecule has 6 heteroatoms. The fourth-order valence-corrected chi connectivity index (χ4v) is 7.29. The van der Waals surface area contributed by atoms with Gasteiger partial charge in [-0.25, -0.2) is 0 Å². The Kier molecular flexibility index (Phi) is 3.22. The molecule has 2 aliphatic carbocycles. The second-order valence-electron chi connectivity index (χ2n) is 9.75. The van der Waals surface area contributed by atoms with E-state index in [9.17, 15) is 14.7 Å². The van der Waals surface area contributed by atoms with Gasteiger partial charge in [-0.2, -0.15) is 0 Å². The lowest BCUT2D eigenvalue weighted by Gasteiger charge is -2.61. The highest BCUT2D eigenvalue weighted by atomic mass is 16.6. The number of carbonyl (C=O) groups excluding carboxylic acids is 2. The number of Topliss-reactive ketones (excluding diaryl/α,β-unsaturated/α-hetero) is 1. The third-order valence-electron chi connectivity index (χ3n) is 8.60. The maximum absolute atomic E-state index is 12.8. The molecule has 3 aliphatic heterocycles. The van der Waals surface area contributed by atoms with Gasteiger partial charge in [0, 0.05) is 24.2 Å². The fourth-order valence-electron chi connectivity index (χ4n) is 7.29. The summed E-state index contributed by atoms with van der Waals surface area (Å²) in [5.41, 5.74) is -2.20. The second kappa shape index (κ2) is 4.89. The van der Waals surface area contributed by atoms with E-state index in [1.165, 1.54) is 0 Å². The van der Waals surface area contributed by atoms with Crippen molar-refractivity contribution in [3.63, 3.8) is 0 Å². The summed E-state index contributed by atoms with van der Waals surface area (Å²) in [7, 11) is 0. The molecule has 6 nitrogen and oxygen atoms in total. The molecule has 0 aromatic rings. The van der Waals surface area contributed by atoms with E-state index in [0.29, 0.717) is 19.4 Å². The maximum atomic E-state index is 12.8. The number of hydrogen-bond acceptors (Lipinski definition) is 6. The van der Waals surface area contributed by atoms with Crippen LogP contribution in [0.1, 0.15) is 59.3 Å². The molecule has 144 valence electrons. The maximum Gasteiger partial charge on any atom is 0.320 e. The Bertz CT molecular complexity index is 692. The van der Waals surface area contributed by atoms with Crippen LogP contribution in [-0.4, -0.2) is 47.1 Å². The van der Waals surface area contributed by atoms with Crippen molar-refractivity contribution in [1.82, 2.24) is 0 Å². The highest BCUT2D eigenvalue weighted by Gasteiger charge is 2.76.